The van der Waals surface area contributed by atoms with Crippen LogP contribution in [-0.2, 0) is 20.9 Å². The minimum atomic E-state index is -0.637. The summed E-state index contributed by atoms with van der Waals surface area (Å²) in [5, 5.41) is 2.48. The number of nitrogens with one attached hydrogen (secondary N) is 1. The number of carbonyl (C=O) groups excluding carboxylic acids is 3. The first-order valence-corrected chi connectivity index (χ1v) is 9.45. The van der Waals surface area contributed by atoms with Crippen LogP contribution in [0.1, 0.15) is 32.8 Å². The number of ether oxygens (including phenoxy) is 2. The fourth-order valence-electron chi connectivity index (χ4n) is 2.71. The lowest BCUT2D eigenvalue weighted by molar-refractivity contribution is -0.130. The normalized spacial score (nSPS) is 14.8. The van der Waals surface area contributed by atoms with Gasteiger partial charge in [-0.3, -0.25) is 4.79 Å². The van der Waals surface area contributed by atoms with Crippen molar-refractivity contribution in [1.82, 2.24) is 15.1 Å². The summed E-state index contributed by atoms with van der Waals surface area (Å²) in [6, 6.07) is 9.31. The standard InChI is InChI=1S/C20H29N3O5/c1-20(2,3)28-19(26)23-11-7-10-22(12-13-23)17(24)14-21-18(25)27-15-16-8-5-4-6-9-16/h4-6,8-9H,7,10-15H2,1-3H3,(H,21,25). The second kappa shape index (κ2) is 9.96. The first kappa shape index (κ1) is 21.5. The highest BCUT2D eigenvalue weighted by atomic mass is 16.6. The van der Waals surface area contributed by atoms with Crippen molar-refractivity contribution in [2.75, 3.05) is 32.7 Å². The minimum Gasteiger partial charge on any atom is -0.445 e. The van der Waals surface area contributed by atoms with E-state index in [1.54, 1.807) is 9.80 Å². The van der Waals surface area contributed by atoms with Crippen molar-refractivity contribution in [2.24, 2.45) is 0 Å². The number of carbonyl (C=O) groups is 3. The molecule has 28 heavy (non-hydrogen) atoms. The van der Waals surface area contributed by atoms with Crippen molar-refractivity contribution in [2.45, 2.75) is 39.4 Å². The number of rotatable bonds is 4. The molecule has 8 nitrogen and oxygen atoms in total. The summed E-state index contributed by atoms with van der Waals surface area (Å²) in [4.78, 5) is 39.6. The third-order valence-corrected chi connectivity index (χ3v) is 4.10. The van der Waals surface area contributed by atoms with E-state index >= 15 is 0 Å². The number of benzene rings is 1. The molecule has 0 unspecified atom stereocenters. The van der Waals surface area contributed by atoms with E-state index in [4.69, 9.17) is 9.47 Å². The third kappa shape index (κ3) is 7.46. The molecule has 0 spiro atoms. The molecule has 1 fully saturated rings. The van der Waals surface area contributed by atoms with Gasteiger partial charge in [-0.25, -0.2) is 9.59 Å². The van der Waals surface area contributed by atoms with Crippen LogP contribution in [-0.4, -0.2) is 66.2 Å². The molecule has 1 aliphatic rings. The van der Waals surface area contributed by atoms with Crippen LogP contribution in [0.2, 0.25) is 0 Å². The average Bonchev–Trinajstić information content (AvgIpc) is 2.90. The predicted molar refractivity (Wildman–Crippen MR) is 104 cm³/mol. The number of alkyl carbamates (subject to hydrolysis) is 1. The summed E-state index contributed by atoms with van der Waals surface area (Å²) in [6.07, 6.45) is -0.351. The lowest BCUT2D eigenvalue weighted by Crippen LogP contribution is -2.43. The van der Waals surface area contributed by atoms with Crippen molar-refractivity contribution in [3.63, 3.8) is 0 Å². The van der Waals surface area contributed by atoms with Crippen LogP contribution in [0.25, 0.3) is 0 Å². The van der Waals surface area contributed by atoms with Crippen LogP contribution in [0.15, 0.2) is 30.3 Å². The number of hydrogen-bond acceptors (Lipinski definition) is 5. The first-order valence-electron chi connectivity index (χ1n) is 9.45. The topological polar surface area (TPSA) is 88.2 Å². The van der Waals surface area contributed by atoms with E-state index in [-0.39, 0.29) is 25.2 Å². The molecule has 1 N–H and O–H groups in total. The number of hydrogen-bond donors (Lipinski definition) is 1. The van der Waals surface area contributed by atoms with Gasteiger partial charge in [-0.2, -0.15) is 0 Å². The van der Waals surface area contributed by atoms with Gasteiger partial charge in [0, 0.05) is 26.2 Å². The Hall–Kier alpha value is -2.77. The molecule has 0 radical (unpaired) electrons. The Morgan fingerprint density at radius 2 is 1.64 bits per heavy atom. The smallest absolute Gasteiger partial charge is 0.410 e. The van der Waals surface area contributed by atoms with Crippen molar-refractivity contribution in [3.8, 4) is 0 Å². The summed E-state index contributed by atoms with van der Waals surface area (Å²) >= 11 is 0. The largest absolute Gasteiger partial charge is 0.445 e. The van der Waals surface area contributed by atoms with Gasteiger partial charge in [0.05, 0.1) is 0 Å². The van der Waals surface area contributed by atoms with Crippen LogP contribution < -0.4 is 5.32 Å². The molecule has 0 aromatic heterocycles. The van der Waals surface area contributed by atoms with Crippen LogP contribution in [0.4, 0.5) is 9.59 Å². The molecule has 1 saturated heterocycles. The summed E-state index contributed by atoms with van der Waals surface area (Å²) in [6.45, 7) is 7.33. The zero-order valence-electron chi connectivity index (χ0n) is 16.8. The molecule has 8 heteroatoms. The molecule has 1 aliphatic heterocycles. The highest BCUT2D eigenvalue weighted by Crippen LogP contribution is 2.12. The van der Waals surface area contributed by atoms with Gasteiger partial charge >= 0.3 is 12.2 Å². The van der Waals surface area contributed by atoms with Gasteiger partial charge in [0.2, 0.25) is 5.91 Å². The van der Waals surface area contributed by atoms with E-state index in [0.29, 0.717) is 32.6 Å². The molecule has 1 heterocycles. The van der Waals surface area contributed by atoms with Crippen molar-refractivity contribution in [3.05, 3.63) is 35.9 Å². The maximum Gasteiger partial charge on any atom is 0.410 e. The van der Waals surface area contributed by atoms with Gasteiger partial charge in [-0.15, -0.1) is 0 Å². The van der Waals surface area contributed by atoms with Crippen molar-refractivity contribution >= 4 is 18.1 Å². The van der Waals surface area contributed by atoms with E-state index in [2.05, 4.69) is 5.32 Å². The van der Waals surface area contributed by atoms with Gasteiger partial charge < -0.3 is 24.6 Å². The second-order valence-corrected chi connectivity index (χ2v) is 7.62. The fraction of sp³-hybridized carbons (Fsp3) is 0.550. The van der Waals surface area contributed by atoms with E-state index in [1.165, 1.54) is 0 Å². The monoisotopic (exact) mass is 391 g/mol. The highest BCUT2D eigenvalue weighted by molar-refractivity contribution is 5.82. The second-order valence-electron chi connectivity index (χ2n) is 7.62. The summed E-state index contributed by atoms with van der Waals surface area (Å²) in [7, 11) is 0. The summed E-state index contributed by atoms with van der Waals surface area (Å²) in [5.74, 6) is -0.206. The van der Waals surface area contributed by atoms with Crippen LogP contribution in [0.3, 0.4) is 0 Å². The van der Waals surface area contributed by atoms with E-state index < -0.39 is 11.7 Å². The number of amides is 3. The van der Waals surface area contributed by atoms with Crippen LogP contribution in [0.5, 0.6) is 0 Å². The highest BCUT2D eigenvalue weighted by Gasteiger charge is 2.26. The Labute approximate surface area is 165 Å². The molecule has 3 amide bonds. The van der Waals surface area contributed by atoms with Crippen molar-refractivity contribution in [1.29, 1.82) is 0 Å². The lowest BCUT2D eigenvalue weighted by Gasteiger charge is -2.26. The molecular formula is C20H29N3O5. The third-order valence-electron chi connectivity index (χ3n) is 4.10. The van der Waals surface area contributed by atoms with E-state index in [1.807, 2.05) is 51.1 Å². The molecule has 0 atom stereocenters. The molecule has 0 saturated carbocycles. The molecule has 0 bridgehead atoms. The van der Waals surface area contributed by atoms with Crippen LogP contribution in [0, 0.1) is 0 Å². The molecular weight excluding hydrogens is 362 g/mol. The summed E-state index contributed by atoms with van der Waals surface area (Å²) in [5.41, 5.74) is 0.321. The van der Waals surface area contributed by atoms with Crippen molar-refractivity contribution < 1.29 is 23.9 Å². The van der Waals surface area contributed by atoms with Gasteiger partial charge in [0.25, 0.3) is 0 Å². The maximum atomic E-state index is 12.4. The van der Waals surface area contributed by atoms with Gasteiger partial charge in [-0.1, -0.05) is 30.3 Å². The van der Waals surface area contributed by atoms with E-state index in [0.717, 1.165) is 5.56 Å². The molecule has 1 aromatic rings. The zero-order valence-corrected chi connectivity index (χ0v) is 16.8. The van der Waals surface area contributed by atoms with Gasteiger partial charge in [0.15, 0.2) is 0 Å². The SMILES string of the molecule is CC(C)(C)OC(=O)N1CCCN(C(=O)CNC(=O)OCc2ccccc2)CC1. The predicted octanol–water partition coefficient (Wildman–Crippen LogP) is 2.38. The van der Waals surface area contributed by atoms with Crippen LogP contribution >= 0.6 is 0 Å². The molecule has 0 aliphatic carbocycles. The maximum absolute atomic E-state index is 12.4. The quantitative estimate of drug-likeness (QED) is 0.851. The zero-order chi connectivity index (χ0) is 20.6. The Morgan fingerprint density at radius 3 is 2.32 bits per heavy atom. The van der Waals surface area contributed by atoms with Gasteiger partial charge in [0.1, 0.15) is 18.8 Å². The first-order chi connectivity index (χ1) is 13.2. The average molecular weight is 391 g/mol. The summed E-state index contributed by atoms with van der Waals surface area (Å²) < 4.78 is 10.5. The molecule has 1 aromatic carbocycles. The lowest BCUT2D eigenvalue weighted by atomic mass is 10.2. The Morgan fingerprint density at radius 1 is 1.00 bits per heavy atom. The van der Waals surface area contributed by atoms with E-state index in [9.17, 15) is 14.4 Å². The fourth-order valence-corrected chi connectivity index (χ4v) is 2.71. The Kier molecular flexibility index (Phi) is 7.66. The molecule has 2 rings (SSSR count). The molecule has 154 valence electrons. The van der Waals surface area contributed by atoms with Gasteiger partial charge in [-0.05, 0) is 32.8 Å². The minimum absolute atomic E-state index is 0.139. The number of nitrogens with zero attached hydrogens (tertiary/aromatic N) is 2. The Bertz CT molecular complexity index is 672. The Balaban J connectivity index is 1.72.